The molecule has 0 saturated carbocycles. The fourth-order valence-corrected chi connectivity index (χ4v) is 2.06. The summed E-state index contributed by atoms with van der Waals surface area (Å²) in [4.78, 5) is 12.0. The summed E-state index contributed by atoms with van der Waals surface area (Å²) in [5.41, 5.74) is -0.906. The summed E-state index contributed by atoms with van der Waals surface area (Å²) in [5.74, 6) is -0.00501. The molecule has 1 amide bonds. The number of rotatable bonds is 6. The first-order chi connectivity index (χ1) is 8.55. The Morgan fingerprint density at radius 2 is 2.28 bits per heavy atom. The third-order valence-electron chi connectivity index (χ3n) is 3.37. The molecule has 0 aromatic rings. The zero-order valence-electron chi connectivity index (χ0n) is 11.5. The van der Waals surface area contributed by atoms with Crippen molar-refractivity contribution in [2.45, 2.75) is 50.7 Å². The van der Waals surface area contributed by atoms with E-state index in [1.165, 1.54) is 6.42 Å². The maximum Gasteiger partial charge on any atom is 0.237 e. The van der Waals surface area contributed by atoms with E-state index in [0.717, 1.165) is 25.8 Å². The van der Waals surface area contributed by atoms with Gasteiger partial charge in [-0.3, -0.25) is 4.79 Å². The van der Waals surface area contributed by atoms with Gasteiger partial charge in [0.2, 0.25) is 5.91 Å². The molecule has 0 aliphatic carbocycles. The van der Waals surface area contributed by atoms with Gasteiger partial charge in [0.1, 0.15) is 0 Å². The molecule has 1 rings (SSSR count). The molecule has 0 aromatic carbocycles. The van der Waals surface area contributed by atoms with Gasteiger partial charge in [-0.15, -0.1) is 0 Å². The molecule has 5 nitrogen and oxygen atoms in total. The van der Waals surface area contributed by atoms with Gasteiger partial charge >= 0.3 is 0 Å². The van der Waals surface area contributed by atoms with Crippen molar-refractivity contribution in [3.8, 4) is 0 Å². The molecule has 0 bridgehead atoms. The number of amides is 1. The van der Waals surface area contributed by atoms with Crippen molar-refractivity contribution in [1.82, 2.24) is 10.6 Å². The van der Waals surface area contributed by atoms with E-state index >= 15 is 0 Å². The molecule has 2 unspecified atom stereocenters. The Labute approximate surface area is 109 Å². The number of carbonyl (C=O) groups is 1. The number of ether oxygens (including phenoxy) is 1. The molecule has 1 saturated heterocycles. The first-order valence-corrected chi connectivity index (χ1v) is 6.77. The van der Waals surface area contributed by atoms with E-state index in [1.807, 2.05) is 0 Å². The normalized spacial score (nSPS) is 24.1. The highest BCUT2D eigenvalue weighted by Crippen LogP contribution is 2.10. The van der Waals surface area contributed by atoms with Crippen LogP contribution in [-0.4, -0.2) is 49.5 Å². The molecule has 0 radical (unpaired) electrons. The van der Waals surface area contributed by atoms with Gasteiger partial charge in [0.15, 0.2) is 0 Å². The lowest BCUT2D eigenvalue weighted by molar-refractivity contribution is -0.124. The van der Waals surface area contributed by atoms with Crippen LogP contribution in [0.1, 0.15) is 39.0 Å². The van der Waals surface area contributed by atoms with Crippen molar-refractivity contribution < 1.29 is 14.6 Å². The van der Waals surface area contributed by atoms with E-state index in [9.17, 15) is 9.90 Å². The molecule has 106 valence electrons. The smallest absolute Gasteiger partial charge is 0.237 e. The Bertz CT molecular complexity index is 249. The molecule has 2 atom stereocenters. The SMILES string of the molecule is COCCC(C)(O)CNC(=O)C1CCCCCN1. The van der Waals surface area contributed by atoms with Crippen LogP contribution in [0.25, 0.3) is 0 Å². The molecule has 1 aliphatic heterocycles. The first kappa shape index (κ1) is 15.4. The molecule has 0 spiro atoms. The maximum atomic E-state index is 12.0. The highest BCUT2D eigenvalue weighted by Gasteiger charge is 2.24. The van der Waals surface area contributed by atoms with Gasteiger partial charge in [0.05, 0.1) is 11.6 Å². The number of aliphatic hydroxyl groups is 1. The van der Waals surface area contributed by atoms with Gasteiger partial charge < -0.3 is 20.5 Å². The third-order valence-corrected chi connectivity index (χ3v) is 3.37. The van der Waals surface area contributed by atoms with Crippen molar-refractivity contribution in [2.75, 3.05) is 26.8 Å². The highest BCUT2D eigenvalue weighted by molar-refractivity contribution is 5.81. The summed E-state index contributed by atoms with van der Waals surface area (Å²) in [6.07, 6.45) is 4.80. The highest BCUT2D eigenvalue weighted by atomic mass is 16.5. The molecule has 5 heteroatoms. The fraction of sp³-hybridized carbons (Fsp3) is 0.923. The van der Waals surface area contributed by atoms with E-state index in [0.29, 0.717) is 13.0 Å². The second-order valence-electron chi connectivity index (χ2n) is 5.31. The Morgan fingerprint density at radius 3 is 3.00 bits per heavy atom. The monoisotopic (exact) mass is 258 g/mol. The largest absolute Gasteiger partial charge is 0.388 e. The summed E-state index contributed by atoms with van der Waals surface area (Å²) in [6.45, 7) is 3.38. The lowest BCUT2D eigenvalue weighted by Gasteiger charge is -2.25. The quantitative estimate of drug-likeness (QED) is 0.646. The number of nitrogens with one attached hydrogen (secondary N) is 2. The van der Waals surface area contributed by atoms with E-state index in [2.05, 4.69) is 10.6 Å². The van der Waals surface area contributed by atoms with Crippen LogP contribution in [-0.2, 0) is 9.53 Å². The summed E-state index contributed by atoms with van der Waals surface area (Å²) < 4.78 is 4.93. The van der Waals surface area contributed by atoms with Crippen LogP contribution in [0.3, 0.4) is 0 Å². The van der Waals surface area contributed by atoms with E-state index in [-0.39, 0.29) is 18.5 Å². The van der Waals surface area contributed by atoms with Crippen LogP contribution in [0, 0.1) is 0 Å². The molecule has 1 heterocycles. The Balaban J connectivity index is 2.30. The average Bonchev–Trinajstić information content (AvgIpc) is 2.62. The van der Waals surface area contributed by atoms with Crippen molar-refractivity contribution in [3.63, 3.8) is 0 Å². The fourth-order valence-electron chi connectivity index (χ4n) is 2.06. The molecular formula is C13H26N2O3. The van der Waals surface area contributed by atoms with Crippen LogP contribution in [0.4, 0.5) is 0 Å². The maximum absolute atomic E-state index is 12.0. The topological polar surface area (TPSA) is 70.6 Å². The van der Waals surface area contributed by atoms with Crippen molar-refractivity contribution in [1.29, 1.82) is 0 Å². The second-order valence-corrected chi connectivity index (χ2v) is 5.31. The minimum Gasteiger partial charge on any atom is -0.388 e. The summed E-state index contributed by atoms with van der Waals surface area (Å²) in [5, 5.41) is 16.1. The van der Waals surface area contributed by atoms with Crippen LogP contribution in [0.5, 0.6) is 0 Å². The lowest BCUT2D eigenvalue weighted by Crippen LogP contribution is -2.48. The van der Waals surface area contributed by atoms with Gasteiger partial charge in [-0.25, -0.2) is 0 Å². The minimum atomic E-state index is -0.906. The van der Waals surface area contributed by atoms with Gasteiger partial charge in [-0.1, -0.05) is 12.8 Å². The van der Waals surface area contributed by atoms with Crippen LogP contribution < -0.4 is 10.6 Å². The van der Waals surface area contributed by atoms with E-state index in [1.54, 1.807) is 14.0 Å². The zero-order valence-corrected chi connectivity index (χ0v) is 11.5. The Kier molecular flexibility index (Phi) is 6.60. The van der Waals surface area contributed by atoms with Crippen molar-refractivity contribution in [3.05, 3.63) is 0 Å². The minimum absolute atomic E-state index is 0.00501. The number of carbonyl (C=O) groups excluding carboxylic acids is 1. The molecule has 3 N–H and O–H groups in total. The van der Waals surface area contributed by atoms with Crippen molar-refractivity contribution in [2.24, 2.45) is 0 Å². The number of methoxy groups -OCH3 is 1. The molecular weight excluding hydrogens is 232 g/mol. The lowest BCUT2D eigenvalue weighted by atomic mass is 10.0. The van der Waals surface area contributed by atoms with E-state index in [4.69, 9.17) is 4.74 Å². The molecule has 1 fully saturated rings. The van der Waals surface area contributed by atoms with Crippen molar-refractivity contribution >= 4 is 5.91 Å². The van der Waals surface area contributed by atoms with Crippen LogP contribution >= 0.6 is 0 Å². The predicted octanol–water partition coefficient (Wildman–Crippen LogP) is 0.422. The van der Waals surface area contributed by atoms with Crippen LogP contribution in [0.2, 0.25) is 0 Å². The Morgan fingerprint density at radius 1 is 1.50 bits per heavy atom. The summed E-state index contributed by atoms with van der Waals surface area (Å²) in [6, 6.07) is -0.106. The Hall–Kier alpha value is -0.650. The van der Waals surface area contributed by atoms with Crippen LogP contribution in [0.15, 0.2) is 0 Å². The molecule has 0 aromatic heterocycles. The molecule has 18 heavy (non-hydrogen) atoms. The van der Waals surface area contributed by atoms with Gasteiger partial charge in [-0.2, -0.15) is 0 Å². The standard InChI is InChI=1S/C13H26N2O3/c1-13(17,7-9-18-2)10-15-12(16)11-6-4-3-5-8-14-11/h11,14,17H,3-10H2,1-2H3,(H,15,16). The van der Waals surface area contributed by atoms with Gasteiger partial charge in [0.25, 0.3) is 0 Å². The summed E-state index contributed by atoms with van der Waals surface area (Å²) in [7, 11) is 1.60. The third kappa shape index (κ3) is 5.80. The number of hydrogen-bond acceptors (Lipinski definition) is 4. The predicted molar refractivity (Wildman–Crippen MR) is 70.4 cm³/mol. The van der Waals surface area contributed by atoms with Gasteiger partial charge in [0, 0.05) is 26.7 Å². The van der Waals surface area contributed by atoms with E-state index < -0.39 is 5.60 Å². The molecule has 1 aliphatic rings. The average molecular weight is 258 g/mol. The second kappa shape index (κ2) is 7.71. The zero-order chi connectivity index (χ0) is 13.4. The van der Waals surface area contributed by atoms with Gasteiger partial charge in [-0.05, 0) is 26.3 Å². The first-order valence-electron chi connectivity index (χ1n) is 6.77. The summed E-state index contributed by atoms with van der Waals surface area (Å²) >= 11 is 0. The number of hydrogen-bond donors (Lipinski definition) is 3.